The van der Waals surface area contributed by atoms with Crippen LogP contribution >= 0.6 is 0 Å². The first kappa shape index (κ1) is 23.9. The largest absolute Gasteiger partial charge is 0.478 e. The van der Waals surface area contributed by atoms with Gasteiger partial charge in [0.25, 0.3) is 0 Å². The molecule has 0 atom stereocenters. The van der Waals surface area contributed by atoms with Crippen molar-refractivity contribution >= 4 is 11.9 Å². The highest BCUT2D eigenvalue weighted by atomic mass is 16.4. The number of carboxylic acids is 1. The molecule has 2 N–H and O–H groups in total. The highest BCUT2D eigenvalue weighted by Crippen LogP contribution is 2.28. The molecule has 0 bridgehead atoms. The topological polar surface area (TPSA) is 85.8 Å². The Morgan fingerprint density at radius 1 is 1.12 bits per heavy atom. The zero-order valence-electron chi connectivity index (χ0n) is 18.9. The Kier molecular flexibility index (Phi) is 9.19. The van der Waals surface area contributed by atoms with Gasteiger partial charge >= 0.3 is 5.97 Å². The maximum atomic E-state index is 12.6. The quantitative estimate of drug-likeness (QED) is 0.441. The molecule has 7 nitrogen and oxygen atoms in total. The molecule has 1 saturated carbocycles. The van der Waals surface area contributed by atoms with Crippen molar-refractivity contribution in [1.29, 1.82) is 0 Å². The summed E-state index contributed by atoms with van der Waals surface area (Å²) in [7, 11) is 0. The van der Waals surface area contributed by atoms with Gasteiger partial charge in [-0.3, -0.25) is 14.7 Å². The van der Waals surface area contributed by atoms with Gasteiger partial charge < -0.3 is 15.3 Å². The average molecular weight is 439 g/mol. The molecule has 1 aromatic heterocycles. The molecule has 7 heteroatoms. The number of likely N-dealkylation sites (N-methyl/N-ethyl adjacent to an activating group) is 1. The number of rotatable bonds is 14. The van der Waals surface area contributed by atoms with E-state index in [2.05, 4.69) is 45.5 Å². The zero-order chi connectivity index (χ0) is 22.8. The third-order valence-corrected chi connectivity index (χ3v) is 5.80. The predicted octanol–water partition coefficient (Wildman–Crippen LogP) is 3.16. The van der Waals surface area contributed by atoms with Crippen molar-refractivity contribution in [2.75, 3.05) is 26.2 Å². The molecule has 0 spiro atoms. The third-order valence-electron chi connectivity index (χ3n) is 5.80. The lowest BCUT2D eigenvalue weighted by Crippen LogP contribution is -2.38. The molecule has 1 aromatic carbocycles. The predicted molar refractivity (Wildman–Crippen MR) is 124 cm³/mol. The van der Waals surface area contributed by atoms with E-state index in [0.29, 0.717) is 18.8 Å². The molecule has 0 unspecified atom stereocenters. The number of hydrogen-bond donors (Lipinski definition) is 2. The van der Waals surface area contributed by atoms with E-state index in [1.807, 2.05) is 11.8 Å². The molecule has 1 amide bonds. The molecule has 0 aliphatic heterocycles. The first-order valence-corrected chi connectivity index (χ1v) is 11.5. The number of nitrogens with one attached hydrogen (secondary N) is 1. The van der Waals surface area contributed by atoms with Crippen molar-refractivity contribution in [3.63, 3.8) is 0 Å². The lowest BCUT2D eigenvalue weighted by Gasteiger charge is -2.24. The maximum Gasteiger partial charge on any atom is 0.335 e. The molecule has 2 aromatic rings. The zero-order valence-corrected chi connectivity index (χ0v) is 18.9. The Labute approximate surface area is 190 Å². The van der Waals surface area contributed by atoms with E-state index in [1.165, 1.54) is 36.7 Å². The maximum absolute atomic E-state index is 12.6. The van der Waals surface area contributed by atoms with Gasteiger partial charge in [-0.15, -0.1) is 0 Å². The lowest BCUT2D eigenvalue weighted by molar-refractivity contribution is -0.130. The number of hydrogen-bond acceptors (Lipinski definition) is 5. The van der Waals surface area contributed by atoms with E-state index < -0.39 is 5.97 Å². The van der Waals surface area contributed by atoms with E-state index in [0.717, 1.165) is 38.5 Å². The molecule has 1 aliphatic rings. The minimum atomic E-state index is -0.981. The van der Waals surface area contributed by atoms with Gasteiger partial charge in [0.15, 0.2) is 0 Å². The third kappa shape index (κ3) is 7.73. The Morgan fingerprint density at radius 3 is 2.56 bits per heavy atom. The molecule has 0 radical (unpaired) electrons. The molecule has 1 heterocycles. The van der Waals surface area contributed by atoms with Crippen molar-refractivity contribution in [2.24, 2.45) is 0 Å². The summed E-state index contributed by atoms with van der Waals surface area (Å²) in [6.45, 7) is 6.09. The first-order chi connectivity index (χ1) is 15.6. The highest BCUT2D eigenvalue weighted by Gasteiger charge is 2.28. The van der Waals surface area contributed by atoms with Crippen LogP contribution in [0.25, 0.3) is 0 Å². The van der Waals surface area contributed by atoms with Crippen LogP contribution in [0.15, 0.2) is 48.7 Å². The van der Waals surface area contributed by atoms with E-state index >= 15 is 0 Å². The minimum Gasteiger partial charge on any atom is -0.478 e. The fourth-order valence-electron chi connectivity index (χ4n) is 3.84. The highest BCUT2D eigenvalue weighted by molar-refractivity contribution is 5.87. The first-order valence-electron chi connectivity index (χ1n) is 11.5. The molecule has 1 fully saturated rings. The van der Waals surface area contributed by atoms with Gasteiger partial charge in [-0.05, 0) is 56.8 Å². The summed E-state index contributed by atoms with van der Waals surface area (Å²) < 4.78 is 0. The number of benzene rings is 1. The van der Waals surface area contributed by atoms with E-state index in [4.69, 9.17) is 5.11 Å². The van der Waals surface area contributed by atoms with Crippen LogP contribution in [0.5, 0.6) is 0 Å². The van der Waals surface area contributed by atoms with E-state index in [9.17, 15) is 9.59 Å². The molecule has 172 valence electrons. The second-order valence-electron chi connectivity index (χ2n) is 8.31. The van der Waals surface area contributed by atoms with Crippen LogP contribution in [0, 0.1) is 0 Å². The Hall–Kier alpha value is -2.77. The molecule has 3 rings (SSSR count). The average Bonchev–Trinajstić information content (AvgIpc) is 3.64. The van der Waals surface area contributed by atoms with Crippen molar-refractivity contribution in [1.82, 2.24) is 20.1 Å². The number of nitrogens with zero attached hydrogens (tertiary/aromatic N) is 3. The van der Waals surface area contributed by atoms with Crippen LogP contribution in [0.3, 0.4) is 0 Å². The van der Waals surface area contributed by atoms with Crippen LogP contribution in [-0.2, 0) is 17.9 Å². The second kappa shape index (κ2) is 12.3. The van der Waals surface area contributed by atoms with Gasteiger partial charge in [0.1, 0.15) is 0 Å². The lowest BCUT2D eigenvalue weighted by atomic mass is 10.2. The van der Waals surface area contributed by atoms with Gasteiger partial charge in [-0.25, -0.2) is 4.79 Å². The van der Waals surface area contributed by atoms with Gasteiger partial charge in [0, 0.05) is 38.4 Å². The number of pyridine rings is 1. The van der Waals surface area contributed by atoms with Gasteiger partial charge in [-0.2, -0.15) is 0 Å². The molecule has 32 heavy (non-hydrogen) atoms. The Morgan fingerprint density at radius 2 is 1.88 bits per heavy atom. The second-order valence-corrected chi connectivity index (χ2v) is 8.31. The van der Waals surface area contributed by atoms with Crippen LogP contribution in [-0.4, -0.2) is 64.0 Å². The normalized spacial score (nSPS) is 13.3. The van der Waals surface area contributed by atoms with E-state index in [-0.39, 0.29) is 18.0 Å². The fourth-order valence-corrected chi connectivity index (χ4v) is 3.84. The molecular formula is C25H34N4O3. The fraction of sp³-hybridized carbons (Fsp3) is 0.480. The Bertz CT molecular complexity index is 871. The SMILES string of the molecule is CCN(CCCCN(Cc1ccccc1)C1CC1)C(=O)CNCc1cc(C(=O)O)ccn1. The molecule has 0 saturated heterocycles. The standard InChI is InChI=1S/C25H34N4O3/c1-2-28(24(30)18-26-17-22-16-21(25(31)32)12-13-27-22)14-6-7-15-29(23-10-11-23)19-20-8-4-3-5-9-20/h3-5,8-9,12-13,16,23,26H,2,6-7,10-11,14-15,17-19H2,1H3,(H,31,32). The molecular weight excluding hydrogens is 404 g/mol. The van der Waals surface area contributed by atoms with Crippen LogP contribution < -0.4 is 5.32 Å². The van der Waals surface area contributed by atoms with Gasteiger partial charge in [-0.1, -0.05) is 30.3 Å². The summed E-state index contributed by atoms with van der Waals surface area (Å²) in [6.07, 6.45) is 6.13. The summed E-state index contributed by atoms with van der Waals surface area (Å²) in [5.41, 5.74) is 2.17. The van der Waals surface area contributed by atoms with Crippen molar-refractivity contribution in [3.8, 4) is 0 Å². The summed E-state index contributed by atoms with van der Waals surface area (Å²) in [4.78, 5) is 32.2. The van der Waals surface area contributed by atoms with Crippen molar-refractivity contribution in [3.05, 3.63) is 65.5 Å². The number of unbranched alkanes of at least 4 members (excludes halogenated alkanes) is 1. The van der Waals surface area contributed by atoms with E-state index in [1.54, 1.807) is 0 Å². The van der Waals surface area contributed by atoms with Crippen molar-refractivity contribution in [2.45, 2.75) is 51.7 Å². The molecule has 1 aliphatic carbocycles. The number of aromatic carboxylic acids is 1. The smallest absolute Gasteiger partial charge is 0.335 e. The summed E-state index contributed by atoms with van der Waals surface area (Å²) in [5.74, 6) is -0.920. The summed E-state index contributed by atoms with van der Waals surface area (Å²) in [6, 6.07) is 14.3. The van der Waals surface area contributed by atoms with Crippen LogP contribution in [0.1, 0.15) is 54.2 Å². The number of carbonyl (C=O) groups is 2. The monoisotopic (exact) mass is 438 g/mol. The van der Waals surface area contributed by atoms with Crippen LogP contribution in [0.4, 0.5) is 0 Å². The number of aromatic nitrogens is 1. The van der Waals surface area contributed by atoms with Crippen LogP contribution in [0.2, 0.25) is 0 Å². The number of carbonyl (C=O) groups excluding carboxylic acids is 1. The van der Waals surface area contributed by atoms with Gasteiger partial charge in [0.05, 0.1) is 17.8 Å². The number of amides is 1. The summed E-state index contributed by atoms with van der Waals surface area (Å²) in [5, 5.41) is 12.1. The van der Waals surface area contributed by atoms with Gasteiger partial charge in [0.2, 0.25) is 5.91 Å². The Balaban J connectivity index is 1.36. The number of carboxylic acid groups (broad SMARTS) is 1. The summed E-state index contributed by atoms with van der Waals surface area (Å²) >= 11 is 0. The minimum absolute atomic E-state index is 0.0604. The van der Waals surface area contributed by atoms with Crippen molar-refractivity contribution < 1.29 is 14.7 Å².